The second-order valence-corrected chi connectivity index (χ2v) is 8.41. The Hall–Kier alpha value is -2.02. The van der Waals surface area contributed by atoms with Crippen LogP contribution in [0.4, 0.5) is 0 Å². The lowest BCUT2D eigenvalue weighted by molar-refractivity contribution is 0.279. The van der Waals surface area contributed by atoms with Crippen molar-refractivity contribution < 1.29 is 5.11 Å². The molecule has 2 saturated carbocycles. The fourth-order valence-electron chi connectivity index (χ4n) is 5.04. The van der Waals surface area contributed by atoms with E-state index >= 15 is 0 Å². The largest absolute Gasteiger partial charge is 0.508 e. The van der Waals surface area contributed by atoms with Gasteiger partial charge in [-0.05, 0) is 77.8 Å². The zero-order valence-corrected chi connectivity index (χ0v) is 16.0. The van der Waals surface area contributed by atoms with Gasteiger partial charge in [0, 0.05) is 0 Å². The van der Waals surface area contributed by atoms with Crippen molar-refractivity contribution in [1.82, 2.24) is 0 Å². The van der Waals surface area contributed by atoms with Crippen LogP contribution in [-0.2, 0) is 0 Å². The van der Waals surface area contributed by atoms with E-state index in [1.807, 2.05) is 12.1 Å². The van der Waals surface area contributed by atoms with Crippen LogP contribution in [0.25, 0.3) is 5.57 Å². The molecule has 2 fully saturated rings. The molecule has 0 atom stereocenters. The van der Waals surface area contributed by atoms with Gasteiger partial charge in [0.1, 0.15) is 5.75 Å². The molecular weight excluding hydrogens is 316 g/mol. The first-order valence-electron chi connectivity index (χ1n) is 10.3. The lowest BCUT2D eigenvalue weighted by Gasteiger charge is -2.39. The lowest BCUT2D eigenvalue weighted by Crippen LogP contribution is -2.25. The van der Waals surface area contributed by atoms with Crippen LogP contribution in [-0.4, -0.2) is 5.11 Å². The van der Waals surface area contributed by atoms with Gasteiger partial charge in [0.25, 0.3) is 0 Å². The Morgan fingerprint density at radius 2 is 1.23 bits per heavy atom. The van der Waals surface area contributed by atoms with Crippen molar-refractivity contribution in [3.63, 3.8) is 0 Å². The number of hydrogen-bond donors (Lipinski definition) is 1. The Morgan fingerprint density at radius 1 is 0.769 bits per heavy atom. The Kier molecular flexibility index (Phi) is 4.89. The normalized spacial score (nSPS) is 22.5. The molecule has 2 aromatic carbocycles. The molecule has 26 heavy (non-hydrogen) atoms. The van der Waals surface area contributed by atoms with Crippen LogP contribution in [0.2, 0.25) is 0 Å². The minimum atomic E-state index is 0.345. The maximum absolute atomic E-state index is 9.76. The summed E-state index contributed by atoms with van der Waals surface area (Å²) in [5.74, 6) is 2.40. The molecule has 2 aromatic rings. The molecule has 0 aliphatic heterocycles. The molecular formula is C25H30O. The smallest absolute Gasteiger partial charge is 0.115 e. The molecule has 2 bridgehead atoms. The SMILES string of the molecule is CC(C)c1ccc(C(=C2C3CCCC2CCC3)c2ccc(O)cc2)cc1. The minimum absolute atomic E-state index is 0.345. The number of phenolic OH excluding ortho intramolecular Hbond substituents is 1. The van der Waals surface area contributed by atoms with E-state index in [9.17, 15) is 5.11 Å². The second-order valence-electron chi connectivity index (χ2n) is 8.41. The monoisotopic (exact) mass is 346 g/mol. The van der Waals surface area contributed by atoms with Gasteiger partial charge in [0.15, 0.2) is 0 Å². The van der Waals surface area contributed by atoms with E-state index in [2.05, 4.69) is 50.2 Å². The molecule has 1 N–H and O–H groups in total. The van der Waals surface area contributed by atoms with Gasteiger partial charge in [-0.1, -0.05) is 68.7 Å². The molecule has 2 aliphatic rings. The van der Waals surface area contributed by atoms with Crippen LogP contribution >= 0.6 is 0 Å². The first-order valence-corrected chi connectivity index (χ1v) is 10.3. The topological polar surface area (TPSA) is 20.2 Å². The highest BCUT2D eigenvalue weighted by atomic mass is 16.3. The molecule has 4 rings (SSSR count). The molecule has 0 heterocycles. The quantitative estimate of drug-likeness (QED) is 0.639. The summed E-state index contributed by atoms with van der Waals surface area (Å²) in [7, 11) is 0. The Morgan fingerprint density at radius 3 is 1.69 bits per heavy atom. The van der Waals surface area contributed by atoms with Crippen molar-refractivity contribution in [2.75, 3.05) is 0 Å². The number of aromatic hydroxyl groups is 1. The van der Waals surface area contributed by atoms with Gasteiger partial charge in [0.05, 0.1) is 0 Å². The van der Waals surface area contributed by atoms with E-state index in [1.54, 1.807) is 5.57 Å². The Balaban J connectivity index is 1.87. The molecule has 0 radical (unpaired) electrons. The number of allylic oxidation sites excluding steroid dienone is 1. The third-order valence-corrected chi connectivity index (χ3v) is 6.40. The zero-order valence-electron chi connectivity index (χ0n) is 16.0. The number of fused-ring (bicyclic) bond motifs is 2. The Labute approximate surface area is 157 Å². The maximum atomic E-state index is 9.76. The van der Waals surface area contributed by atoms with E-state index in [-0.39, 0.29) is 0 Å². The second kappa shape index (κ2) is 7.31. The van der Waals surface area contributed by atoms with Crippen molar-refractivity contribution in [3.8, 4) is 5.75 Å². The third kappa shape index (κ3) is 3.32. The summed E-state index contributed by atoms with van der Waals surface area (Å²) < 4.78 is 0. The fourth-order valence-corrected chi connectivity index (χ4v) is 5.04. The average Bonchev–Trinajstić information content (AvgIpc) is 2.64. The van der Waals surface area contributed by atoms with E-state index in [0.717, 1.165) is 11.8 Å². The van der Waals surface area contributed by atoms with Crippen molar-refractivity contribution in [2.24, 2.45) is 11.8 Å². The number of benzene rings is 2. The standard InChI is InChI=1S/C25H30O/c1-17(2)18-9-11-21(12-10-18)25(22-13-15-23(26)16-14-22)24-19-5-3-6-20(24)8-4-7-19/h9-17,19-20,26H,3-8H2,1-2H3. The van der Waals surface area contributed by atoms with Gasteiger partial charge < -0.3 is 5.11 Å². The van der Waals surface area contributed by atoms with Crippen LogP contribution in [0.15, 0.2) is 54.1 Å². The highest BCUT2D eigenvalue weighted by molar-refractivity contribution is 5.83. The van der Waals surface area contributed by atoms with Gasteiger partial charge in [-0.2, -0.15) is 0 Å². The summed E-state index contributed by atoms with van der Waals surface area (Å²) in [6.07, 6.45) is 8.14. The highest BCUT2D eigenvalue weighted by Gasteiger charge is 2.33. The zero-order chi connectivity index (χ0) is 18.1. The van der Waals surface area contributed by atoms with Gasteiger partial charge in [-0.25, -0.2) is 0 Å². The maximum Gasteiger partial charge on any atom is 0.115 e. The van der Waals surface area contributed by atoms with Gasteiger partial charge in [-0.3, -0.25) is 0 Å². The van der Waals surface area contributed by atoms with Crippen molar-refractivity contribution >= 4 is 5.57 Å². The fraction of sp³-hybridized carbons (Fsp3) is 0.440. The average molecular weight is 347 g/mol. The first kappa shape index (κ1) is 17.4. The number of hydrogen-bond acceptors (Lipinski definition) is 1. The van der Waals surface area contributed by atoms with Gasteiger partial charge in [0.2, 0.25) is 0 Å². The molecule has 0 saturated heterocycles. The molecule has 0 unspecified atom stereocenters. The molecule has 2 aliphatic carbocycles. The summed E-state index contributed by atoms with van der Waals surface area (Å²) in [5, 5.41) is 9.76. The summed E-state index contributed by atoms with van der Waals surface area (Å²) in [6.45, 7) is 4.50. The van der Waals surface area contributed by atoms with Crippen molar-refractivity contribution in [3.05, 3.63) is 70.8 Å². The molecule has 0 aromatic heterocycles. The van der Waals surface area contributed by atoms with Crippen LogP contribution in [0.3, 0.4) is 0 Å². The first-order chi connectivity index (χ1) is 12.6. The van der Waals surface area contributed by atoms with Gasteiger partial charge >= 0.3 is 0 Å². The van der Waals surface area contributed by atoms with E-state index < -0.39 is 0 Å². The van der Waals surface area contributed by atoms with E-state index in [4.69, 9.17) is 0 Å². The molecule has 136 valence electrons. The molecule has 0 amide bonds. The summed E-state index contributed by atoms with van der Waals surface area (Å²) >= 11 is 0. The van der Waals surface area contributed by atoms with Crippen LogP contribution in [0.5, 0.6) is 5.75 Å². The summed E-state index contributed by atoms with van der Waals surface area (Å²) in [6, 6.07) is 17.1. The van der Waals surface area contributed by atoms with Crippen LogP contribution < -0.4 is 0 Å². The molecule has 0 spiro atoms. The van der Waals surface area contributed by atoms with E-state index in [1.165, 1.54) is 60.8 Å². The minimum Gasteiger partial charge on any atom is -0.508 e. The number of phenols is 1. The lowest BCUT2D eigenvalue weighted by atomic mass is 9.65. The summed E-state index contributed by atoms with van der Waals surface area (Å²) in [5.41, 5.74) is 7.13. The van der Waals surface area contributed by atoms with Crippen LogP contribution in [0, 0.1) is 11.8 Å². The predicted octanol–water partition coefficient (Wildman–Crippen LogP) is 6.92. The molecule has 1 heteroatoms. The highest BCUT2D eigenvalue weighted by Crippen LogP contribution is 2.48. The molecule has 1 nitrogen and oxygen atoms in total. The Bertz CT molecular complexity index is 756. The van der Waals surface area contributed by atoms with Gasteiger partial charge in [-0.15, -0.1) is 0 Å². The van der Waals surface area contributed by atoms with Crippen molar-refractivity contribution in [2.45, 2.75) is 58.3 Å². The number of rotatable bonds is 3. The van der Waals surface area contributed by atoms with Crippen molar-refractivity contribution in [1.29, 1.82) is 0 Å². The third-order valence-electron chi connectivity index (χ3n) is 6.40. The van der Waals surface area contributed by atoms with Crippen LogP contribution in [0.1, 0.15) is 75.0 Å². The summed E-state index contributed by atoms with van der Waals surface area (Å²) in [4.78, 5) is 0. The predicted molar refractivity (Wildman–Crippen MR) is 109 cm³/mol. The van der Waals surface area contributed by atoms with E-state index in [0.29, 0.717) is 11.7 Å².